The molecule has 2 aliphatic heterocycles. The van der Waals surface area contributed by atoms with E-state index in [1.165, 1.54) is 19.2 Å². The van der Waals surface area contributed by atoms with E-state index in [-0.39, 0.29) is 0 Å². The monoisotopic (exact) mass is 140 g/mol. The van der Waals surface area contributed by atoms with Gasteiger partial charge < -0.3 is 9.64 Å². The van der Waals surface area contributed by atoms with Crippen molar-refractivity contribution in [3.05, 3.63) is 0 Å². The number of morpholine rings is 1. The van der Waals surface area contributed by atoms with Gasteiger partial charge in [0.2, 0.25) is 0 Å². The van der Waals surface area contributed by atoms with Crippen molar-refractivity contribution < 1.29 is 4.74 Å². The molecule has 2 heterocycles. The molecule has 10 heavy (non-hydrogen) atoms. The molecule has 2 bridgehead atoms. The Balaban J connectivity index is 2.13. The summed E-state index contributed by atoms with van der Waals surface area (Å²) < 4.78 is 5.34. The summed E-state index contributed by atoms with van der Waals surface area (Å²) in [4.78, 5) is 2.13. The molecule has 1 N–H and O–H groups in total. The lowest BCUT2D eigenvalue weighted by molar-refractivity contribution is 0.0225. The summed E-state index contributed by atoms with van der Waals surface area (Å²) in [5, 5.41) is 7.14. The van der Waals surface area contributed by atoms with Crippen LogP contribution < -0.4 is 0 Å². The van der Waals surface area contributed by atoms with Gasteiger partial charge in [-0.3, -0.25) is 5.41 Å². The van der Waals surface area contributed by atoms with Gasteiger partial charge in [0.25, 0.3) is 0 Å². The molecule has 0 aromatic heterocycles. The van der Waals surface area contributed by atoms with E-state index >= 15 is 0 Å². The Morgan fingerprint density at radius 3 is 2.30 bits per heavy atom. The molecule has 0 saturated carbocycles. The Bertz CT molecular complexity index is 133. The molecule has 0 aromatic rings. The van der Waals surface area contributed by atoms with Gasteiger partial charge in [-0.05, 0) is 12.8 Å². The first-order valence-corrected chi connectivity index (χ1v) is 3.77. The molecule has 0 spiro atoms. The van der Waals surface area contributed by atoms with Crippen LogP contribution in [0.5, 0.6) is 0 Å². The summed E-state index contributed by atoms with van der Waals surface area (Å²) >= 11 is 0. The van der Waals surface area contributed by atoms with E-state index in [0.717, 1.165) is 13.2 Å². The van der Waals surface area contributed by atoms with Crippen molar-refractivity contribution in [2.24, 2.45) is 0 Å². The Morgan fingerprint density at radius 1 is 1.30 bits per heavy atom. The second-order valence-electron chi connectivity index (χ2n) is 3.00. The van der Waals surface area contributed by atoms with Gasteiger partial charge >= 0.3 is 0 Å². The second kappa shape index (κ2) is 2.23. The molecule has 2 atom stereocenters. The fourth-order valence-electron chi connectivity index (χ4n) is 1.87. The minimum Gasteiger partial charge on any atom is -0.377 e. The summed E-state index contributed by atoms with van der Waals surface area (Å²) in [6, 6.07) is 1.02. The molecule has 0 amide bonds. The Labute approximate surface area is 60.5 Å². The quantitative estimate of drug-likeness (QED) is 0.424. The number of fused-ring (bicyclic) bond motifs is 2. The summed E-state index contributed by atoms with van der Waals surface area (Å²) in [5.41, 5.74) is 0. The Hall–Kier alpha value is -0.570. The average Bonchev–Trinajstić information content (AvgIpc) is 2.19. The molecule has 2 aliphatic rings. The van der Waals surface area contributed by atoms with E-state index in [1.807, 2.05) is 0 Å². The van der Waals surface area contributed by atoms with Gasteiger partial charge in [-0.2, -0.15) is 0 Å². The third kappa shape index (κ3) is 0.736. The first kappa shape index (κ1) is 6.16. The molecule has 3 nitrogen and oxygen atoms in total. The molecule has 2 saturated heterocycles. The summed E-state index contributed by atoms with van der Waals surface area (Å²) in [7, 11) is 0. The van der Waals surface area contributed by atoms with E-state index in [9.17, 15) is 0 Å². The number of ether oxygens (including phenoxy) is 1. The van der Waals surface area contributed by atoms with Crippen molar-refractivity contribution in [3.63, 3.8) is 0 Å². The van der Waals surface area contributed by atoms with E-state index < -0.39 is 0 Å². The smallest absolute Gasteiger partial charge is 0.0823 e. The van der Waals surface area contributed by atoms with Crippen molar-refractivity contribution in [1.29, 1.82) is 5.41 Å². The molecule has 0 radical (unpaired) electrons. The summed E-state index contributed by atoms with van der Waals surface area (Å²) in [5.74, 6) is 0. The first-order valence-electron chi connectivity index (χ1n) is 3.77. The van der Waals surface area contributed by atoms with Gasteiger partial charge in [-0.25, -0.2) is 0 Å². The summed E-state index contributed by atoms with van der Waals surface area (Å²) in [6.45, 7) is 1.65. The molecular formula is C7H12N2O. The van der Waals surface area contributed by atoms with Gasteiger partial charge in [-0.1, -0.05) is 0 Å². The maximum Gasteiger partial charge on any atom is 0.0823 e. The van der Waals surface area contributed by atoms with Gasteiger partial charge in [-0.15, -0.1) is 0 Å². The zero-order chi connectivity index (χ0) is 6.97. The van der Waals surface area contributed by atoms with E-state index in [4.69, 9.17) is 10.1 Å². The van der Waals surface area contributed by atoms with Crippen molar-refractivity contribution in [1.82, 2.24) is 4.90 Å². The van der Waals surface area contributed by atoms with Crippen LogP contribution in [0, 0.1) is 5.41 Å². The highest BCUT2D eigenvalue weighted by atomic mass is 16.5. The maximum atomic E-state index is 7.14. The van der Waals surface area contributed by atoms with Crippen LogP contribution >= 0.6 is 0 Å². The summed E-state index contributed by atoms with van der Waals surface area (Å²) in [6.07, 6.45) is 3.88. The van der Waals surface area contributed by atoms with Crippen molar-refractivity contribution in [2.75, 3.05) is 13.2 Å². The van der Waals surface area contributed by atoms with Gasteiger partial charge in [0.15, 0.2) is 0 Å². The first-order chi connectivity index (χ1) is 4.92. The lowest BCUT2D eigenvalue weighted by Crippen LogP contribution is -2.44. The van der Waals surface area contributed by atoms with E-state index in [2.05, 4.69) is 4.90 Å². The molecule has 0 aromatic carbocycles. The van der Waals surface area contributed by atoms with Crippen molar-refractivity contribution in [2.45, 2.75) is 24.9 Å². The third-order valence-electron chi connectivity index (χ3n) is 2.45. The zero-order valence-electron chi connectivity index (χ0n) is 5.92. The molecule has 56 valence electrons. The highest BCUT2D eigenvalue weighted by Crippen LogP contribution is 2.26. The van der Waals surface area contributed by atoms with Crippen LogP contribution in [-0.4, -0.2) is 36.5 Å². The largest absolute Gasteiger partial charge is 0.377 e. The molecule has 2 unspecified atom stereocenters. The molecule has 2 rings (SSSR count). The highest BCUT2D eigenvalue weighted by molar-refractivity contribution is 5.52. The van der Waals surface area contributed by atoms with Gasteiger partial charge in [0.1, 0.15) is 0 Å². The van der Waals surface area contributed by atoms with Crippen LogP contribution in [0.3, 0.4) is 0 Å². The second-order valence-corrected chi connectivity index (χ2v) is 3.00. The average molecular weight is 140 g/mol. The van der Waals surface area contributed by atoms with Crippen LogP contribution in [0.1, 0.15) is 12.8 Å². The van der Waals surface area contributed by atoms with E-state index in [0.29, 0.717) is 12.1 Å². The fraction of sp³-hybridized carbons (Fsp3) is 0.857. The topological polar surface area (TPSA) is 36.3 Å². The lowest BCUT2D eigenvalue weighted by Gasteiger charge is -2.32. The van der Waals surface area contributed by atoms with Crippen LogP contribution in [0.15, 0.2) is 0 Å². The standard InChI is InChI=1S/C7H12N2O/c8-5-9-6-1-2-7(9)4-10-3-6/h5-8H,1-4H2. The number of rotatable bonds is 1. The fourth-order valence-corrected chi connectivity index (χ4v) is 1.87. The Morgan fingerprint density at radius 2 is 1.90 bits per heavy atom. The predicted molar refractivity (Wildman–Crippen MR) is 38.3 cm³/mol. The van der Waals surface area contributed by atoms with Crippen molar-refractivity contribution >= 4 is 6.34 Å². The van der Waals surface area contributed by atoms with Gasteiger partial charge in [0.05, 0.1) is 31.6 Å². The maximum absolute atomic E-state index is 7.14. The van der Waals surface area contributed by atoms with Crippen LogP contribution in [0.25, 0.3) is 0 Å². The minimum absolute atomic E-state index is 0.510. The molecule has 3 heteroatoms. The highest BCUT2D eigenvalue weighted by Gasteiger charge is 2.35. The molecule has 0 aliphatic carbocycles. The zero-order valence-corrected chi connectivity index (χ0v) is 5.92. The predicted octanol–water partition coefficient (Wildman–Crippen LogP) is 0.457. The molecular weight excluding hydrogens is 128 g/mol. The third-order valence-corrected chi connectivity index (χ3v) is 2.45. The normalized spacial score (nSPS) is 38.2. The molecule has 2 fully saturated rings. The minimum atomic E-state index is 0.510. The van der Waals surface area contributed by atoms with Crippen LogP contribution in [-0.2, 0) is 4.74 Å². The number of nitrogens with one attached hydrogen (secondary N) is 1. The SMILES string of the molecule is N=CN1C2CCC1COC2. The van der Waals surface area contributed by atoms with Crippen LogP contribution in [0.4, 0.5) is 0 Å². The van der Waals surface area contributed by atoms with Crippen molar-refractivity contribution in [3.8, 4) is 0 Å². The van der Waals surface area contributed by atoms with Gasteiger partial charge in [0, 0.05) is 0 Å². The number of nitrogens with zero attached hydrogens (tertiary/aromatic N) is 1. The van der Waals surface area contributed by atoms with E-state index in [1.54, 1.807) is 0 Å². The Kier molecular flexibility index (Phi) is 1.38. The lowest BCUT2D eigenvalue weighted by atomic mass is 10.2. The number of hydrogen-bond acceptors (Lipinski definition) is 2. The van der Waals surface area contributed by atoms with Crippen LogP contribution in [0.2, 0.25) is 0 Å². The number of hydrogen-bond donors (Lipinski definition) is 1.